The van der Waals surface area contributed by atoms with Gasteiger partial charge in [-0.15, -0.1) is 0 Å². The summed E-state index contributed by atoms with van der Waals surface area (Å²) in [4.78, 5) is 14.8. The van der Waals surface area contributed by atoms with Gasteiger partial charge in [0.05, 0.1) is 12.1 Å². The quantitative estimate of drug-likeness (QED) is 0.828. The van der Waals surface area contributed by atoms with Crippen molar-refractivity contribution in [3.8, 4) is 17.1 Å². The molecule has 1 heterocycles. The minimum absolute atomic E-state index is 0.0521. The highest BCUT2D eigenvalue weighted by molar-refractivity contribution is 5.71. The van der Waals surface area contributed by atoms with Gasteiger partial charge in [0.1, 0.15) is 5.82 Å². The highest BCUT2D eigenvalue weighted by atomic mass is 19.1. The molecule has 0 aliphatic carbocycles. The molecule has 0 aliphatic heterocycles. The van der Waals surface area contributed by atoms with E-state index in [0.717, 1.165) is 0 Å². The van der Waals surface area contributed by atoms with Gasteiger partial charge in [0.2, 0.25) is 5.88 Å². The second kappa shape index (κ2) is 6.81. The Morgan fingerprint density at radius 1 is 1.33 bits per heavy atom. The number of carboxylic acids is 1. The van der Waals surface area contributed by atoms with Crippen molar-refractivity contribution < 1.29 is 23.8 Å². The number of hydrogen-bond acceptors (Lipinski definition) is 4. The van der Waals surface area contributed by atoms with E-state index < -0.39 is 11.8 Å². The summed E-state index contributed by atoms with van der Waals surface area (Å²) in [6, 6.07) is 9.26. The molecule has 0 unspecified atom stereocenters. The van der Waals surface area contributed by atoms with Crippen molar-refractivity contribution in [2.24, 2.45) is 0 Å². The Balaban J connectivity index is 2.27. The summed E-state index contributed by atoms with van der Waals surface area (Å²) in [5.74, 6) is -1.20. The summed E-state index contributed by atoms with van der Waals surface area (Å²) in [6.45, 7) is 0.0521. The van der Waals surface area contributed by atoms with Crippen LogP contribution in [0.1, 0.15) is 5.56 Å². The molecule has 1 aromatic carbocycles. The summed E-state index contributed by atoms with van der Waals surface area (Å²) < 4.78 is 24.0. The van der Waals surface area contributed by atoms with E-state index in [2.05, 4.69) is 4.98 Å². The predicted octanol–water partition coefficient (Wildman–Crippen LogP) is 2.50. The van der Waals surface area contributed by atoms with Gasteiger partial charge in [-0.25, -0.2) is 9.37 Å². The molecular weight excluding hydrogens is 277 g/mol. The van der Waals surface area contributed by atoms with Crippen LogP contribution in [0.2, 0.25) is 0 Å². The summed E-state index contributed by atoms with van der Waals surface area (Å²) >= 11 is 0. The van der Waals surface area contributed by atoms with Crippen molar-refractivity contribution in [3.63, 3.8) is 0 Å². The molecule has 0 aliphatic rings. The second-order valence-corrected chi connectivity index (χ2v) is 4.30. The molecule has 0 atom stereocenters. The third-order valence-corrected chi connectivity index (χ3v) is 2.71. The van der Waals surface area contributed by atoms with Crippen molar-refractivity contribution in [2.75, 3.05) is 13.9 Å². The molecular formula is C15H14FNO4. The van der Waals surface area contributed by atoms with Crippen molar-refractivity contribution in [1.29, 1.82) is 0 Å². The van der Waals surface area contributed by atoms with E-state index in [1.54, 1.807) is 24.3 Å². The smallest absolute Gasteiger partial charge is 0.307 e. The number of halogens is 1. The van der Waals surface area contributed by atoms with Gasteiger partial charge in [0.15, 0.2) is 6.79 Å². The van der Waals surface area contributed by atoms with Crippen LogP contribution in [0.5, 0.6) is 5.88 Å². The lowest BCUT2D eigenvalue weighted by Gasteiger charge is -2.07. The number of rotatable bonds is 6. The van der Waals surface area contributed by atoms with Crippen LogP contribution >= 0.6 is 0 Å². The zero-order valence-electron chi connectivity index (χ0n) is 11.4. The SMILES string of the molecule is COCOc1cccc(-c2ccc(CC(=O)O)cc2F)n1. The Morgan fingerprint density at radius 2 is 2.14 bits per heavy atom. The molecule has 110 valence electrons. The Bertz CT molecular complexity index is 645. The first-order chi connectivity index (χ1) is 10.1. The zero-order chi connectivity index (χ0) is 15.2. The lowest BCUT2D eigenvalue weighted by Crippen LogP contribution is -2.02. The average Bonchev–Trinajstić information content (AvgIpc) is 2.45. The zero-order valence-corrected chi connectivity index (χ0v) is 11.4. The van der Waals surface area contributed by atoms with Crippen molar-refractivity contribution in [2.45, 2.75) is 6.42 Å². The van der Waals surface area contributed by atoms with Crippen LogP contribution in [0.3, 0.4) is 0 Å². The van der Waals surface area contributed by atoms with Crippen LogP contribution in [0.25, 0.3) is 11.3 Å². The molecule has 2 rings (SSSR count). The largest absolute Gasteiger partial charge is 0.481 e. The summed E-state index contributed by atoms with van der Waals surface area (Å²) in [5, 5.41) is 8.70. The standard InChI is InChI=1S/C15H14FNO4/c1-20-9-21-14-4-2-3-13(17-14)11-6-5-10(7-12(11)16)8-15(18)19/h2-7H,8-9H2,1H3,(H,18,19). The van der Waals surface area contributed by atoms with Gasteiger partial charge in [0, 0.05) is 18.7 Å². The van der Waals surface area contributed by atoms with Crippen LogP contribution in [0.4, 0.5) is 4.39 Å². The van der Waals surface area contributed by atoms with Gasteiger partial charge in [-0.05, 0) is 23.8 Å². The Labute approximate surface area is 121 Å². The number of aromatic nitrogens is 1. The number of hydrogen-bond donors (Lipinski definition) is 1. The van der Waals surface area contributed by atoms with E-state index in [1.165, 1.54) is 19.2 Å². The molecule has 0 radical (unpaired) electrons. The Kier molecular flexibility index (Phi) is 4.84. The molecule has 0 bridgehead atoms. The van der Waals surface area contributed by atoms with Gasteiger partial charge >= 0.3 is 5.97 Å². The van der Waals surface area contributed by atoms with E-state index in [4.69, 9.17) is 14.6 Å². The topological polar surface area (TPSA) is 68.7 Å². The predicted molar refractivity (Wildman–Crippen MR) is 73.5 cm³/mol. The highest BCUT2D eigenvalue weighted by Gasteiger charge is 2.10. The maximum Gasteiger partial charge on any atom is 0.307 e. The summed E-state index contributed by atoms with van der Waals surface area (Å²) in [7, 11) is 1.49. The van der Waals surface area contributed by atoms with Gasteiger partial charge in [-0.1, -0.05) is 12.1 Å². The van der Waals surface area contributed by atoms with Crippen LogP contribution < -0.4 is 4.74 Å². The molecule has 0 saturated heterocycles. The fourth-order valence-corrected chi connectivity index (χ4v) is 1.82. The van der Waals surface area contributed by atoms with Crippen LogP contribution in [0, 0.1) is 5.82 Å². The van der Waals surface area contributed by atoms with Gasteiger partial charge in [-0.2, -0.15) is 0 Å². The second-order valence-electron chi connectivity index (χ2n) is 4.30. The number of nitrogens with zero attached hydrogens (tertiary/aromatic N) is 1. The van der Waals surface area contributed by atoms with E-state index in [0.29, 0.717) is 17.1 Å². The Morgan fingerprint density at radius 3 is 2.81 bits per heavy atom. The van der Waals surface area contributed by atoms with Crippen molar-refractivity contribution in [3.05, 3.63) is 47.8 Å². The number of ether oxygens (including phenoxy) is 2. The molecule has 2 aromatic rings. The fourth-order valence-electron chi connectivity index (χ4n) is 1.82. The first kappa shape index (κ1) is 14.9. The molecule has 1 aromatic heterocycles. The minimum atomic E-state index is -1.00. The number of aliphatic carboxylic acids is 1. The molecule has 6 heteroatoms. The van der Waals surface area contributed by atoms with Gasteiger partial charge < -0.3 is 14.6 Å². The monoisotopic (exact) mass is 291 g/mol. The lowest BCUT2D eigenvalue weighted by molar-refractivity contribution is -0.136. The van der Waals surface area contributed by atoms with Crippen LogP contribution in [0.15, 0.2) is 36.4 Å². The summed E-state index contributed by atoms with van der Waals surface area (Å²) in [6.07, 6.45) is -0.221. The number of carbonyl (C=O) groups is 1. The van der Waals surface area contributed by atoms with E-state index in [9.17, 15) is 9.18 Å². The lowest BCUT2D eigenvalue weighted by atomic mass is 10.1. The fraction of sp³-hybridized carbons (Fsp3) is 0.200. The molecule has 0 saturated carbocycles. The maximum absolute atomic E-state index is 14.1. The van der Waals surface area contributed by atoms with E-state index in [-0.39, 0.29) is 18.8 Å². The van der Waals surface area contributed by atoms with Crippen molar-refractivity contribution in [1.82, 2.24) is 4.98 Å². The first-order valence-corrected chi connectivity index (χ1v) is 6.19. The Hall–Kier alpha value is -2.47. The molecule has 21 heavy (non-hydrogen) atoms. The summed E-state index contributed by atoms with van der Waals surface area (Å²) in [5.41, 5.74) is 1.09. The third-order valence-electron chi connectivity index (χ3n) is 2.71. The number of methoxy groups -OCH3 is 1. The van der Waals surface area contributed by atoms with Gasteiger partial charge in [0.25, 0.3) is 0 Å². The molecule has 0 spiro atoms. The van der Waals surface area contributed by atoms with E-state index >= 15 is 0 Å². The molecule has 1 N–H and O–H groups in total. The van der Waals surface area contributed by atoms with Crippen LogP contribution in [-0.4, -0.2) is 30.0 Å². The number of benzene rings is 1. The van der Waals surface area contributed by atoms with E-state index in [1.807, 2.05) is 0 Å². The molecule has 0 fully saturated rings. The number of carboxylic acid groups (broad SMARTS) is 1. The first-order valence-electron chi connectivity index (χ1n) is 6.19. The normalized spacial score (nSPS) is 10.4. The van der Waals surface area contributed by atoms with Gasteiger partial charge in [-0.3, -0.25) is 4.79 Å². The third kappa shape index (κ3) is 4.00. The van der Waals surface area contributed by atoms with Crippen molar-refractivity contribution >= 4 is 5.97 Å². The number of pyridine rings is 1. The molecule has 5 nitrogen and oxygen atoms in total. The van der Waals surface area contributed by atoms with Crippen LogP contribution in [-0.2, 0) is 16.0 Å². The minimum Gasteiger partial charge on any atom is -0.481 e. The average molecular weight is 291 g/mol. The molecule has 0 amide bonds. The highest BCUT2D eigenvalue weighted by Crippen LogP contribution is 2.24. The maximum atomic E-state index is 14.1.